The summed E-state index contributed by atoms with van der Waals surface area (Å²) in [7, 11) is 3.05. The molecule has 0 bridgehead atoms. The number of ether oxygens (including phenoxy) is 2. The van der Waals surface area contributed by atoms with Gasteiger partial charge in [-0.05, 0) is 30.3 Å². The molecule has 7 nitrogen and oxygen atoms in total. The van der Waals surface area contributed by atoms with Crippen molar-refractivity contribution in [2.45, 2.75) is 0 Å². The zero-order valence-electron chi connectivity index (χ0n) is 14.2. The van der Waals surface area contributed by atoms with Crippen molar-refractivity contribution >= 4 is 34.6 Å². The number of benzene rings is 2. The minimum atomic E-state index is -0.595. The number of hydrogen-bond donors (Lipinski definition) is 3. The quantitative estimate of drug-likeness (QED) is 0.407. The summed E-state index contributed by atoms with van der Waals surface area (Å²) in [6.07, 6.45) is 1.28. The molecule has 0 saturated carbocycles. The highest BCUT2D eigenvalue weighted by molar-refractivity contribution is 6.33. The molecule has 0 fully saturated rings. The lowest BCUT2D eigenvalue weighted by Crippen LogP contribution is -2.14. The first-order chi connectivity index (χ1) is 12.5. The van der Waals surface area contributed by atoms with Crippen molar-refractivity contribution < 1.29 is 14.3 Å². The Balaban J connectivity index is 2.18. The van der Waals surface area contributed by atoms with Gasteiger partial charge in [0.05, 0.1) is 30.6 Å². The average Bonchev–Trinajstić information content (AvgIpc) is 2.65. The van der Waals surface area contributed by atoms with E-state index in [1.54, 1.807) is 30.3 Å². The van der Waals surface area contributed by atoms with Gasteiger partial charge in [0, 0.05) is 18.0 Å². The molecule has 26 heavy (non-hydrogen) atoms. The lowest BCUT2D eigenvalue weighted by molar-refractivity contribution is -0.112. The Labute approximate surface area is 156 Å². The molecular formula is C18H17ClN4O3. The molecule has 0 atom stereocenters. The number of nitrogen functional groups attached to an aromatic ring is 1. The molecule has 0 radical (unpaired) electrons. The van der Waals surface area contributed by atoms with Crippen LogP contribution >= 0.6 is 11.6 Å². The number of nitrogens with zero attached hydrogens (tertiary/aromatic N) is 1. The Bertz CT molecular complexity index is 890. The van der Waals surface area contributed by atoms with Crippen LogP contribution in [0.1, 0.15) is 0 Å². The smallest absolute Gasteiger partial charge is 0.267 e. The van der Waals surface area contributed by atoms with Crippen LogP contribution in [0.15, 0.2) is 48.2 Å². The predicted octanol–water partition coefficient (Wildman–Crippen LogP) is 3.40. The molecule has 1 amide bonds. The fourth-order valence-corrected chi connectivity index (χ4v) is 2.21. The summed E-state index contributed by atoms with van der Waals surface area (Å²) < 4.78 is 10.4. The van der Waals surface area contributed by atoms with Gasteiger partial charge >= 0.3 is 0 Å². The van der Waals surface area contributed by atoms with Gasteiger partial charge in [-0.15, -0.1) is 0 Å². The molecule has 0 aliphatic carbocycles. The van der Waals surface area contributed by atoms with E-state index in [1.165, 1.54) is 26.5 Å². The van der Waals surface area contributed by atoms with E-state index in [0.29, 0.717) is 33.6 Å². The van der Waals surface area contributed by atoms with Gasteiger partial charge in [-0.25, -0.2) is 0 Å². The number of carbonyl (C=O) groups excluding carboxylic acids is 1. The van der Waals surface area contributed by atoms with Gasteiger partial charge in [0.25, 0.3) is 5.91 Å². The van der Waals surface area contributed by atoms with Crippen LogP contribution in [0.5, 0.6) is 11.5 Å². The number of nitrogens with one attached hydrogen (secondary N) is 2. The fraction of sp³-hybridized carbons (Fsp3) is 0.111. The third-order valence-corrected chi connectivity index (χ3v) is 3.73. The molecule has 2 aromatic rings. The van der Waals surface area contributed by atoms with E-state index in [1.807, 2.05) is 6.07 Å². The molecule has 0 heterocycles. The average molecular weight is 373 g/mol. The minimum Gasteiger partial charge on any atom is -0.497 e. The van der Waals surface area contributed by atoms with Crippen LogP contribution in [0.4, 0.5) is 17.1 Å². The molecule has 0 aliphatic rings. The lowest BCUT2D eigenvalue weighted by atomic mass is 10.2. The number of hydrogen-bond acceptors (Lipinski definition) is 6. The number of nitrogens with two attached hydrogens (primary N) is 1. The molecule has 2 rings (SSSR count). The van der Waals surface area contributed by atoms with Crippen molar-refractivity contribution in [3.8, 4) is 17.6 Å². The molecule has 0 spiro atoms. The van der Waals surface area contributed by atoms with E-state index < -0.39 is 5.91 Å². The molecule has 8 heteroatoms. The highest BCUT2D eigenvalue weighted by Crippen LogP contribution is 2.29. The van der Waals surface area contributed by atoms with Crippen molar-refractivity contribution in [1.82, 2.24) is 0 Å². The van der Waals surface area contributed by atoms with Crippen molar-refractivity contribution in [2.75, 3.05) is 30.6 Å². The number of anilines is 3. The maximum atomic E-state index is 12.3. The van der Waals surface area contributed by atoms with Gasteiger partial charge in [-0.2, -0.15) is 5.26 Å². The van der Waals surface area contributed by atoms with E-state index in [4.69, 9.17) is 26.8 Å². The van der Waals surface area contributed by atoms with Crippen LogP contribution < -0.4 is 25.8 Å². The number of carbonyl (C=O) groups is 1. The minimum absolute atomic E-state index is 0.136. The SMILES string of the molecule is COc1ccc(OC)c(N/C=C(/C#N)C(=O)Nc2ccc(N)c(Cl)c2)c1. The first kappa shape index (κ1) is 19.0. The molecule has 0 saturated heterocycles. The van der Waals surface area contributed by atoms with E-state index in [2.05, 4.69) is 10.6 Å². The van der Waals surface area contributed by atoms with Gasteiger partial charge in [0.15, 0.2) is 0 Å². The highest BCUT2D eigenvalue weighted by atomic mass is 35.5. The van der Waals surface area contributed by atoms with E-state index in [-0.39, 0.29) is 5.57 Å². The maximum Gasteiger partial charge on any atom is 0.267 e. The number of amides is 1. The van der Waals surface area contributed by atoms with Crippen LogP contribution in [0.2, 0.25) is 5.02 Å². The van der Waals surface area contributed by atoms with Crippen LogP contribution in [-0.2, 0) is 4.79 Å². The Kier molecular flexibility index (Phi) is 6.31. The third-order valence-electron chi connectivity index (χ3n) is 3.40. The van der Waals surface area contributed by atoms with Gasteiger partial charge < -0.3 is 25.8 Å². The Morgan fingerprint density at radius 1 is 1.23 bits per heavy atom. The van der Waals surface area contributed by atoms with E-state index in [9.17, 15) is 10.1 Å². The number of nitriles is 1. The van der Waals surface area contributed by atoms with Gasteiger partial charge in [-0.3, -0.25) is 4.79 Å². The van der Waals surface area contributed by atoms with E-state index >= 15 is 0 Å². The first-order valence-corrected chi connectivity index (χ1v) is 7.81. The summed E-state index contributed by atoms with van der Waals surface area (Å²) in [6.45, 7) is 0. The van der Waals surface area contributed by atoms with E-state index in [0.717, 1.165) is 0 Å². The largest absolute Gasteiger partial charge is 0.497 e. The maximum absolute atomic E-state index is 12.3. The summed E-state index contributed by atoms with van der Waals surface area (Å²) in [5.74, 6) is 0.536. The summed E-state index contributed by atoms with van der Waals surface area (Å²) in [6, 6.07) is 11.6. The van der Waals surface area contributed by atoms with Crippen molar-refractivity contribution in [3.05, 3.63) is 53.2 Å². The summed E-state index contributed by atoms with van der Waals surface area (Å²) in [5, 5.41) is 15.0. The highest BCUT2D eigenvalue weighted by Gasteiger charge is 2.11. The Morgan fingerprint density at radius 2 is 2.00 bits per heavy atom. The molecule has 0 aliphatic heterocycles. The normalized spacial score (nSPS) is 10.6. The molecule has 4 N–H and O–H groups in total. The second-order valence-corrected chi connectivity index (χ2v) is 5.48. The number of rotatable bonds is 6. The van der Waals surface area contributed by atoms with Crippen molar-refractivity contribution in [1.29, 1.82) is 5.26 Å². The van der Waals surface area contributed by atoms with Crippen LogP contribution in [0, 0.1) is 11.3 Å². The topological polar surface area (TPSA) is 109 Å². The zero-order valence-corrected chi connectivity index (χ0v) is 14.9. The van der Waals surface area contributed by atoms with Crippen LogP contribution in [0.25, 0.3) is 0 Å². The van der Waals surface area contributed by atoms with Crippen LogP contribution in [-0.4, -0.2) is 20.1 Å². The lowest BCUT2D eigenvalue weighted by Gasteiger charge is -2.11. The van der Waals surface area contributed by atoms with Crippen LogP contribution in [0.3, 0.4) is 0 Å². The number of methoxy groups -OCH3 is 2. The van der Waals surface area contributed by atoms with Gasteiger partial charge in [-0.1, -0.05) is 11.6 Å². The Hall–Kier alpha value is -3.37. The molecule has 0 unspecified atom stereocenters. The Morgan fingerprint density at radius 3 is 2.62 bits per heavy atom. The van der Waals surface area contributed by atoms with Gasteiger partial charge in [0.1, 0.15) is 23.1 Å². The van der Waals surface area contributed by atoms with Crippen molar-refractivity contribution in [3.63, 3.8) is 0 Å². The fourth-order valence-electron chi connectivity index (χ4n) is 2.03. The zero-order chi connectivity index (χ0) is 19.1. The third kappa shape index (κ3) is 4.59. The first-order valence-electron chi connectivity index (χ1n) is 7.43. The van der Waals surface area contributed by atoms with Crippen molar-refractivity contribution in [2.24, 2.45) is 0 Å². The molecule has 134 valence electrons. The molecule has 2 aromatic carbocycles. The molecular weight excluding hydrogens is 356 g/mol. The predicted molar refractivity (Wildman–Crippen MR) is 101 cm³/mol. The second-order valence-electron chi connectivity index (χ2n) is 5.07. The standard InChI is InChI=1S/C18H17ClN4O3/c1-25-13-4-6-17(26-2)16(8-13)22-10-11(9-20)18(24)23-12-3-5-15(21)14(19)7-12/h3-8,10,22H,21H2,1-2H3,(H,23,24)/b11-10-. The van der Waals surface area contributed by atoms with Gasteiger partial charge in [0.2, 0.25) is 0 Å². The summed E-state index contributed by atoms with van der Waals surface area (Å²) >= 11 is 5.92. The summed E-state index contributed by atoms with van der Waals surface area (Å²) in [5.41, 5.74) is 6.86. The second kappa shape index (κ2) is 8.65. The number of halogens is 1. The molecule has 0 aromatic heterocycles. The summed E-state index contributed by atoms with van der Waals surface area (Å²) in [4.78, 5) is 12.3. The monoisotopic (exact) mass is 372 g/mol.